The summed E-state index contributed by atoms with van der Waals surface area (Å²) in [5.74, 6) is -0.334. The zero-order chi connectivity index (χ0) is 26.9. The molecule has 38 heavy (non-hydrogen) atoms. The molecule has 3 aromatic carbocycles. The second kappa shape index (κ2) is 10.6. The Bertz CT molecular complexity index is 1300. The van der Waals surface area contributed by atoms with E-state index in [9.17, 15) is 22.4 Å². The normalized spacial score (nSPS) is 19.0. The van der Waals surface area contributed by atoms with Gasteiger partial charge in [0.25, 0.3) is 0 Å². The number of carbonyl (C=O) groups excluding carboxylic acids is 1. The van der Waals surface area contributed by atoms with Crippen LogP contribution < -0.4 is 19.9 Å². The van der Waals surface area contributed by atoms with Crippen molar-refractivity contribution in [1.82, 2.24) is 5.32 Å². The first-order valence-corrected chi connectivity index (χ1v) is 12.6. The minimum Gasteiger partial charge on any atom is -0.496 e. The van der Waals surface area contributed by atoms with Gasteiger partial charge in [0.15, 0.2) is 0 Å². The lowest BCUT2D eigenvalue weighted by molar-refractivity contribution is -0.137. The number of piperazine rings is 1. The molecule has 3 aromatic rings. The van der Waals surface area contributed by atoms with Gasteiger partial charge in [-0.15, -0.1) is 0 Å². The number of nitrogens with zero attached hydrogens (tertiary/aromatic N) is 2. The van der Waals surface area contributed by atoms with Crippen molar-refractivity contribution in [1.29, 1.82) is 0 Å². The maximum Gasteiger partial charge on any atom is 0.416 e. The minimum atomic E-state index is -4.46. The Kier molecular flexibility index (Phi) is 7.19. The SMILES string of the molecule is COc1ccccc1CCNC(=O)C1Cc2cc(C(F)(F)F)ccc2N2CCN(c3ccc(F)cc3)CC12. The van der Waals surface area contributed by atoms with E-state index in [0.717, 1.165) is 28.8 Å². The van der Waals surface area contributed by atoms with E-state index >= 15 is 0 Å². The number of carbonyl (C=O) groups is 1. The first-order valence-electron chi connectivity index (χ1n) is 12.6. The lowest BCUT2D eigenvalue weighted by Gasteiger charge is -2.49. The van der Waals surface area contributed by atoms with E-state index in [2.05, 4.69) is 15.1 Å². The molecule has 0 aromatic heterocycles. The fraction of sp³-hybridized carbons (Fsp3) is 0.345. The van der Waals surface area contributed by atoms with Gasteiger partial charge in [-0.2, -0.15) is 13.2 Å². The number of ether oxygens (including phenoxy) is 1. The molecule has 2 aliphatic rings. The molecule has 2 unspecified atom stereocenters. The molecule has 1 saturated heterocycles. The molecule has 1 N–H and O–H groups in total. The highest BCUT2D eigenvalue weighted by Crippen LogP contribution is 2.40. The molecular weight excluding hydrogens is 498 g/mol. The van der Waals surface area contributed by atoms with E-state index in [0.29, 0.717) is 38.2 Å². The molecule has 1 fully saturated rings. The summed E-state index contributed by atoms with van der Waals surface area (Å²) in [4.78, 5) is 17.7. The number of halogens is 4. The van der Waals surface area contributed by atoms with Gasteiger partial charge >= 0.3 is 6.18 Å². The van der Waals surface area contributed by atoms with Gasteiger partial charge < -0.3 is 19.9 Å². The molecule has 0 bridgehead atoms. The molecule has 0 aliphatic carbocycles. The summed E-state index contributed by atoms with van der Waals surface area (Å²) in [5, 5.41) is 3.01. The summed E-state index contributed by atoms with van der Waals surface area (Å²) in [5.41, 5.74) is 2.35. The van der Waals surface area contributed by atoms with Crippen LogP contribution in [0.5, 0.6) is 5.75 Å². The number of rotatable bonds is 6. The molecule has 2 atom stereocenters. The highest BCUT2D eigenvalue weighted by atomic mass is 19.4. The summed E-state index contributed by atoms with van der Waals surface area (Å²) < 4.78 is 59.3. The van der Waals surface area contributed by atoms with E-state index in [1.807, 2.05) is 24.3 Å². The molecule has 0 saturated carbocycles. The molecule has 2 aliphatic heterocycles. The van der Waals surface area contributed by atoms with Crippen LogP contribution in [0.15, 0.2) is 66.7 Å². The van der Waals surface area contributed by atoms with Crippen molar-refractivity contribution in [2.24, 2.45) is 5.92 Å². The molecular formula is C29H29F4N3O2. The van der Waals surface area contributed by atoms with Gasteiger partial charge in [-0.25, -0.2) is 4.39 Å². The molecule has 0 spiro atoms. The topological polar surface area (TPSA) is 44.8 Å². The summed E-state index contributed by atoms with van der Waals surface area (Å²) >= 11 is 0. The molecule has 5 rings (SSSR count). The number of methoxy groups -OCH3 is 1. The van der Waals surface area contributed by atoms with Crippen LogP contribution in [0, 0.1) is 11.7 Å². The number of fused-ring (bicyclic) bond motifs is 3. The maximum atomic E-state index is 13.5. The third kappa shape index (κ3) is 5.28. The van der Waals surface area contributed by atoms with E-state index in [-0.39, 0.29) is 24.2 Å². The second-order valence-corrected chi connectivity index (χ2v) is 9.69. The average Bonchev–Trinajstić information content (AvgIpc) is 2.92. The number of amides is 1. The second-order valence-electron chi connectivity index (χ2n) is 9.69. The van der Waals surface area contributed by atoms with Gasteiger partial charge in [0, 0.05) is 37.6 Å². The zero-order valence-electron chi connectivity index (χ0n) is 21.0. The van der Waals surface area contributed by atoms with Crippen molar-refractivity contribution in [2.75, 3.05) is 43.1 Å². The highest BCUT2D eigenvalue weighted by molar-refractivity contribution is 5.82. The van der Waals surface area contributed by atoms with Crippen LogP contribution in [-0.2, 0) is 23.8 Å². The van der Waals surface area contributed by atoms with Crippen molar-refractivity contribution >= 4 is 17.3 Å². The number of benzene rings is 3. The summed E-state index contributed by atoms with van der Waals surface area (Å²) in [6.07, 6.45) is -3.69. The summed E-state index contributed by atoms with van der Waals surface area (Å²) in [6, 6.07) is 17.3. The fourth-order valence-corrected chi connectivity index (χ4v) is 5.55. The van der Waals surface area contributed by atoms with Crippen LogP contribution in [0.25, 0.3) is 0 Å². The first kappa shape index (κ1) is 25.9. The van der Waals surface area contributed by atoms with E-state index in [1.165, 1.54) is 24.3 Å². The lowest BCUT2D eigenvalue weighted by atomic mass is 9.82. The first-order chi connectivity index (χ1) is 18.2. The minimum absolute atomic E-state index is 0.195. The zero-order valence-corrected chi connectivity index (χ0v) is 21.0. The number of alkyl halides is 3. The molecule has 9 heteroatoms. The number of nitrogens with one attached hydrogen (secondary N) is 1. The Morgan fingerprint density at radius 1 is 1.05 bits per heavy atom. The Labute approximate surface area is 219 Å². The smallest absolute Gasteiger partial charge is 0.416 e. The summed E-state index contributed by atoms with van der Waals surface area (Å²) in [6.45, 7) is 2.01. The Morgan fingerprint density at radius 3 is 2.55 bits per heavy atom. The van der Waals surface area contributed by atoms with Crippen molar-refractivity contribution in [3.63, 3.8) is 0 Å². The third-order valence-electron chi connectivity index (χ3n) is 7.45. The summed E-state index contributed by atoms with van der Waals surface area (Å²) in [7, 11) is 1.59. The Morgan fingerprint density at radius 2 is 1.82 bits per heavy atom. The van der Waals surface area contributed by atoms with Crippen LogP contribution in [0.1, 0.15) is 16.7 Å². The maximum absolute atomic E-state index is 13.5. The van der Waals surface area contributed by atoms with Crippen molar-refractivity contribution < 1.29 is 27.1 Å². The van der Waals surface area contributed by atoms with Crippen molar-refractivity contribution in [2.45, 2.75) is 25.1 Å². The number of para-hydroxylation sites is 1. The van der Waals surface area contributed by atoms with Gasteiger partial charge in [-0.1, -0.05) is 18.2 Å². The number of hydrogen-bond acceptors (Lipinski definition) is 4. The Hall–Kier alpha value is -3.75. The lowest BCUT2D eigenvalue weighted by Crippen LogP contribution is -2.61. The van der Waals surface area contributed by atoms with Gasteiger partial charge in [0.1, 0.15) is 11.6 Å². The fourth-order valence-electron chi connectivity index (χ4n) is 5.55. The molecule has 200 valence electrons. The predicted molar refractivity (Wildman–Crippen MR) is 138 cm³/mol. The molecule has 2 heterocycles. The standard InChI is InChI=1S/C29H29F4N3O2/c1-38-27-5-3-2-4-19(27)12-13-34-28(37)24-17-20-16-21(29(31,32)33)6-11-25(20)36-15-14-35(18-26(24)36)23-9-7-22(30)8-10-23/h2-11,16,24,26H,12-15,17-18H2,1H3,(H,34,37). The predicted octanol–water partition coefficient (Wildman–Crippen LogP) is 5.08. The molecule has 5 nitrogen and oxygen atoms in total. The molecule has 1 amide bonds. The van der Waals surface area contributed by atoms with Crippen LogP contribution >= 0.6 is 0 Å². The van der Waals surface area contributed by atoms with Gasteiger partial charge in [0.2, 0.25) is 5.91 Å². The van der Waals surface area contributed by atoms with Crippen LogP contribution in [0.4, 0.5) is 28.9 Å². The van der Waals surface area contributed by atoms with Gasteiger partial charge in [0.05, 0.1) is 24.6 Å². The van der Waals surface area contributed by atoms with Crippen LogP contribution in [-0.4, -0.2) is 45.2 Å². The third-order valence-corrected chi connectivity index (χ3v) is 7.45. The number of anilines is 2. The Balaban J connectivity index is 1.39. The van der Waals surface area contributed by atoms with Gasteiger partial charge in [-0.3, -0.25) is 4.79 Å². The number of hydrogen-bond donors (Lipinski definition) is 1. The van der Waals surface area contributed by atoms with Crippen LogP contribution in [0.3, 0.4) is 0 Å². The molecule has 0 radical (unpaired) electrons. The van der Waals surface area contributed by atoms with Crippen LogP contribution in [0.2, 0.25) is 0 Å². The largest absolute Gasteiger partial charge is 0.496 e. The van der Waals surface area contributed by atoms with E-state index < -0.39 is 17.7 Å². The highest BCUT2D eigenvalue weighted by Gasteiger charge is 2.42. The van der Waals surface area contributed by atoms with E-state index in [1.54, 1.807) is 19.2 Å². The van der Waals surface area contributed by atoms with Gasteiger partial charge in [-0.05, 0) is 72.5 Å². The average molecular weight is 528 g/mol. The monoisotopic (exact) mass is 527 g/mol. The van der Waals surface area contributed by atoms with Crippen molar-refractivity contribution in [3.05, 3.63) is 89.2 Å². The van der Waals surface area contributed by atoms with E-state index in [4.69, 9.17) is 4.74 Å². The quantitative estimate of drug-likeness (QED) is 0.455. The van der Waals surface area contributed by atoms with Crippen molar-refractivity contribution in [3.8, 4) is 5.75 Å².